The first-order valence-electron chi connectivity index (χ1n) is 11.4. The molecule has 1 heterocycles. The summed E-state index contributed by atoms with van der Waals surface area (Å²) in [6.07, 6.45) is 1.31. The average Bonchev–Trinajstić information content (AvgIpc) is 2.93. The highest BCUT2D eigenvalue weighted by Crippen LogP contribution is 2.25. The number of para-hydroxylation sites is 1. The fraction of sp³-hybridized carbons (Fsp3) is 0.200. The zero-order valence-corrected chi connectivity index (χ0v) is 20.6. The van der Waals surface area contributed by atoms with Crippen molar-refractivity contribution in [3.05, 3.63) is 94.5 Å². The maximum atomic E-state index is 13.3. The number of non-ortho nitro benzene ring substituents is 1. The lowest BCUT2D eigenvalue weighted by Gasteiger charge is -2.29. The Kier molecular flexibility index (Phi) is 8.11. The fourth-order valence-electron chi connectivity index (χ4n) is 3.82. The molecule has 0 atom stereocenters. The highest BCUT2D eigenvalue weighted by atomic mass is 32.2. The van der Waals surface area contributed by atoms with Crippen LogP contribution in [0.25, 0.3) is 0 Å². The third kappa shape index (κ3) is 6.29. The van der Waals surface area contributed by atoms with E-state index >= 15 is 0 Å². The van der Waals surface area contributed by atoms with E-state index < -0.39 is 27.4 Å². The predicted molar refractivity (Wildman–Crippen MR) is 139 cm³/mol. The number of morpholine rings is 1. The number of nitrogens with one attached hydrogen (secondary N) is 1. The number of amides is 1. The largest absolute Gasteiger partial charge is 0.378 e. The molecule has 0 saturated carbocycles. The Labute approximate surface area is 214 Å². The van der Waals surface area contributed by atoms with Crippen molar-refractivity contribution in [2.24, 2.45) is 5.10 Å². The van der Waals surface area contributed by atoms with Crippen LogP contribution < -0.4 is 14.6 Å². The van der Waals surface area contributed by atoms with Crippen LogP contribution in [0.4, 0.5) is 17.1 Å². The van der Waals surface area contributed by atoms with Gasteiger partial charge in [-0.25, -0.2) is 13.8 Å². The van der Waals surface area contributed by atoms with Crippen LogP contribution in [0.2, 0.25) is 0 Å². The standard InChI is InChI=1S/C25H25N5O6S/c31-25(19-29(21-7-3-1-4-8-21)37(34,35)23-9-5-2-6-10-23)27-26-18-20-17-22(30(32)33)11-12-24(20)28-13-15-36-16-14-28/h1-12,17-18H,13-16,19H2,(H,27,31)/b26-18+. The molecule has 12 heteroatoms. The summed E-state index contributed by atoms with van der Waals surface area (Å²) in [5.74, 6) is -0.682. The molecular weight excluding hydrogens is 498 g/mol. The van der Waals surface area contributed by atoms with E-state index in [1.165, 1.54) is 30.5 Å². The summed E-state index contributed by atoms with van der Waals surface area (Å²) in [6.45, 7) is 1.73. The maximum Gasteiger partial charge on any atom is 0.270 e. The van der Waals surface area contributed by atoms with Crippen LogP contribution in [-0.4, -0.2) is 58.3 Å². The number of carbonyl (C=O) groups excluding carboxylic acids is 1. The lowest BCUT2D eigenvalue weighted by atomic mass is 10.1. The molecule has 1 fully saturated rings. The van der Waals surface area contributed by atoms with Gasteiger partial charge in [0.25, 0.3) is 21.6 Å². The molecule has 1 aliphatic rings. The van der Waals surface area contributed by atoms with Crippen molar-refractivity contribution >= 4 is 39.2 Å². The van der Waals surface area contributed by atoms with Gasteiger partial charge in [0.15, 0.2) is 0 Å². The zero-order chi connectivity index (χ0) is 26.3. The van der Waals surface area contributed by atoms with E-state index in [-0.39, 0.29) is 10.6 Å². The van der Waals surface area contributed by atoms with Crippen LogP contribution >= 0.6 is 0 Å². The predicted octanol–water partition coefficient (Wildman–Crippen LogP) is 2.78. The van der Waals surface area contributed by atoms with E-state index in [9.17, 15) is 23.3 Å². The topological polar surface area (TPSA) is 134 Å². The number of anilines is 2. The average molecular weight is 524 g/mol. The Morgan fingerprint density at radius 2 is 1.70 bits per heavy atom. The molecule has 0 radical (unpaired) electrons. The molecule has 1 aliphatic heterocycles. The number of benzene rings is 3. The summed E-state index contributed by atoms with van der Waals surface area (Å²) in [7, 11) is -4.04. The smallest absolute Gasteiger partial charge is 0.270 e. The second-order valence-electron chi connectivity index (χ2n) is 8.05. The number of ether oxygens (including phenoxy) is 1. The minimum Gasteiger partial charge on any atom is -0.378 e. The molecule has 1 N–H and O–H groups in total. The summed E-state index contributed by atoms with van der Waals surface area (Å²) >= 11 is 0. The Balaban J connectivity index is 1.55. The number of sulfonamides is 1. The first kappa shape index (κ1) is 25.8. The zero-order valence-electron chi connectivity index (χ0n) is 19.8. The summed E-state index contributed by atoms with van der Waals surface area (Å²) in [5.41, 5.74) is 3.70. The monoisotopic (exact) mass is 523 g/mol. The van der Waals surface area contributed by atoms with Gasteiger partial charge in [-0.15, -0.1) is 0 Å². The summed E-state index contributed by atoms with van der Waals surface area (Å²) < 4.78 is 33.0. The molecule has 192 valence electrons. The lowest BCUT2D eigenvalue weighted by molar-refractivity contribution is -0.384. The molecule has 1 amide bonds. The van der Waals surface area contributed by atoms with Gasteiger partial charge in [0.2, 0.25) is 0 Å². The van der Waals surface area contributed by atoms with Crippen LogP contribution in [-0.2, 0) is 19.6 Å². The van der Waals surface area contributed by atoms with Crippen molar-refractivity contribution < 1.29 is 22.9 Å². The molecule has 0 bridgehead atoms. The summed E-state index contributed by atoms with van der Waals surface area (Å²) in [4.78, 5) is 25.6. The SMILES string of the molecule is O=C(CN(c1ccccc1)S(=O)(=O)c1ccccc1)N/N=C/c1cc([N+](=O)[O-])ccc1N1CCOCC1. The highest BCUT2D eigenvalue weighted by molar-refractivity contribution is 7.92. The van der Waals surface area contributed by atoms with Crippen molar-refractivity contribution in [1.82, 2.24) is 5.43 Å². The first-order valence-corrected chi connectivity index (χ1v) is 12.9. The molecule has 1 saturated heterocycles. The Morgan fingerprint density at radius 3 is 2.35 bits per heavy atom. The van der Waals surface area contributed by atoms with Gasteiger partial charge in [0.1, 0.15) is 6.54 Å². The number of hydrazone groups is 1. The van der Waals surface area contributed by atoms with Gasteiger partial charge in [0.05, 0.1) is 34.9 Å². The van der Waals surface area contributed by atoms with Crippen molar-refractivity contribution in [3.63, 3.8) is 0 Å². The van der Waals surface area contributed by atoms with Gasteiger partial charge in [0, 0.05) is 36.5 Å². The summed E-state index contributed by atoms with van der Waals surface area (Å²) in [6, 6.07) is 20.5. The van der Waals surface area contributed by atoms with Gasteiger partial charge in [-0.1, -0.05) is 36.4 Å². The van der Waals surface area contributed by atoms with Gasteiger partial charge >= 0.3 is 0 Å². The molecule has 0 aromatic heterocycles. The van der Waals surface area contributed by atoms with Crippen LogP contribution in [0.1, 0.15) is 5.56 Å². The number of nitro benzene ring substituents is 1. The van der Waals surface area contributed by atoms with E-state index in [1.807, 2.05) is 4.90 Å². The third-order valence-electron chi connectivity index (χ3n) is 5.63. The number of hydrogen-bond donors (Lipinski definition) is 1. The number of carbonyl (C=O) groups is 1. The second kappa shape index (κ2) is 11.6. The summed E-state index contributed by atoms with van der Waals surface area (Å²) in [5, 5.41) is 15.3. The molecule has 4 rings (SSSR count). The molecule has 0 unspecified atom stereocenters. The molecular formula is C25H25N5O6S. The normalized spacial score (nSPS) is 13.9. The molecule has 0 spiro atoms. The first-order chi connectivity index (χ1) is 17.9. The van der Waals surface area contributed by atoms with Crippen LogP contribution in [0.5, 0.6) is 0 Å². The molecule has 0 aliphatic carbocycles. The van der Waals surface area contributed by atoms with Crippen molar-refractivity contribution in [3.8, 4) is 0 Å². The van der Waals surface area contributed by atoms with Gasteiger partial charge in [-0.3, -0.25) is 19.2 Å². The Hall–Kier alpha value is -4.29. The van der Waals surface area contributed by atoms with Gasteiger partial charge < -0.3 is 9.64 Å². The van der Waals surface area contributed by atoms with Crippen molar-refractivity contribution in [2.75, 3.05) is 42.1 Å². The minimum absolute atomic E-state index is 0.0434. The molecule has 3 aromatic carbocycles. The Bertz CT molecular complexity index is 1380. The lowest BCUT2D eigenvalue weighted by Crippen LogP contribution is -2.39. The number of nitro groups is 1. The van der Waals surface area contributed by atoms with Crippen molar-refractivity contribution in [1.29, 1.82) is 0 Å². The maximum absolute atomic E-state index is 13.3. The van der Waals surface area contributed by atoms with Crippen LogP contribution in [0, 0.1) is 10.1 Å². The molecule has 3 aromatic rings. The third-order valence-corrected chi connectivity index (χ3v) is 7.42. The van der Waals surface area contributed by atoms with E-state index in [2.05, 4.69) is 10.5 Å². The molecule has 11 nitrogen and oxygen atoms in total. The van der Waals surface area contributed by atoms with E-state index in [0.717, 1.165) is 4.31 Å². The van der Waals surface area contributed by atoms with Gasteiger partial charge in [-0.2, -0.15) is 5.10 Å². The minimum atomic E-state index is -4.04. The number of hydrogen-bond acceptors (Lipinski definition) is 8. The number of rotatable bonds is 9. The van der Waals surface area contributed by atoms with Crippen LogP contribution in [0.3, 0.4) is 0 Å². The van der Waals surface area contributed by atoms with E-state index in [4.69, 9.17) is 4.74 Å². The van der Waals surface area contributed by atoms with E-state index in [1.54, 1.807) is 54.6 Å². The van der Waals surface area contributed by atoms with Crippen molar-refractivity contribution in [2.45, 2.75) is 4.90 Å². The second-order valence-corrected chi connectivity index (χ2v) is 9.92. The highest BCUT2D eigenvalue weighted by Gasteiger charge is 2.27. The molecule has 37 heavy (non-hydrogen) atoms. The fourth-order valence-corrected chi connectivity index (χ4v) is 5.26. The quantitative estimate of drug-likeness (QED) is 0.259. The van der Waals surface area contributed by atoms with E-state index in [0.29, 0.717) is 43.2 Å². The Morgan fingerprint density at radius 1 is 1.05 bits per heavy atom. The number of nitrogens with zero attached hydrogens (tertiary/aromatic N) is 4. The van der Waals surface area contributed by atoms with Crippen LogP contribution in [0.15, 0.2) is 88.9 Å². The van der Waals surface area contributed by atoms with Gasteiger partial charge in [-0.05, 0) is 30.3 Å².